The van der Waals surface area contributed by atoms with Crippen LogP contribution in [0.2, 0.25) is 0 Å². The maximum Gasteiger partial charge on any atom is 0.278 e. The van der Waals surface area contributed by atoms with Crippen molar-refractivity contribution in [2.75, 3.05) is 0 Å². The third kappa shape index (κ3) is 3.63. The molecule has 0 bridgehead atoms. The monoisotopic (exact) mass is 491 g/mol. The summed E-state index contributed by atoms with van der Waals surface area (Å²) in [6.07, 6.45) is 10.4. The van der Waals surface area contributed by atoms with Crippen LogP contribution in [-0.4, -0.2) is 48.8 Å². The number of rotatable bonds is 8. The SMILES string of the molecule is NC(=O)c1cccnc1OC1([C@H](ONC(=O)c2cnn3ccccc23)C2(O)CCC2)CC2(CCC2)C1. The molecule has 3 aromatic rings. The minimum absolute atomic E-state index is 0.115. The second-order valence-corrected chi connectivity index (χ2v) is 10.6. The largest absolute Gasteiger partial charge is 0.467 e. The summed E-state index contributed by atoms with van der Waals surface area (Å²) < 4.78 is 8.08. The third-order valence-corrected chi connectivity index (χ3v) is 8.23. The van der Waals surface area contributed by atoms with E-state index in [0.717, 1.165) is 25.7 Å². The van der Waals surface area contributed by atoms with E-state index in [2.05, 4.69) is 15.6 Å². The Hall–Kier alpha value is -3.50. The van der Waals surface area contributed by atoms with Crippen LogP contribution in [-0.2, 0) is 4.84 Å². The molecule has 10 nitrogen and oxygen atoms in total. The summed E-state index contributed by atoms with van der Waals surface area (Å²) in [4.78, 5) is 35.5. The van der Waals surface area contributed by atoms with Crippen molar-refractivity contribution < 1.29 is 24.3 Å². The topological polar surface area (TPSA) is 141 Å². The van der Waals surface area contributed by atoms with E-state index in [1.54, 1.807) is 28.9 Å². The van der Waals surface area contributed by atoms with Gasteiger partial charge < -0.3 is 15.6 Å². The van der Waals surface area contributed by atoms with Gasteiger partial charge in [0, 0.05) is 12.4 Å². The number of pyridine rings is 2. The highest BCUT2D eigenvalue weighted by molar-refractivity contribution is 6.00. The van der Waals surface area contributed by atoms with Crippen LogP contribution in [0.5, 0.6) is 5.88 Å². The fourth-order valence-corrected chi connectivity index (χ4v) is 6.20. The van der Waals surface area contributed by atoms with E-state index in [1.807, 2.05) is 12.1 Å². The van der Waals surface area contributed by atoms with Crippen molar-refractivity contribution >= 4 is 17.3 Å². The summed E-state index contributed by atoms with van der Waals surface area (Å²) in [5.74, 6) is -0.996. The number of aromatic nitrogens is 3. The zero-order chi connectivity index (χ0) is 25.0. The van der Waals surface area contributed by atoms with E-state index in [9.17, 15) is 14.7 Å². The van der Waals surface area contributed by atoms with E-state index in [1.165, 1.54) is 12.4 Å². The summed E-state index contributed by atoms with van der Waals surface area (Å²) in [7, 11) is 0. The van der Waals surface area contributed by atoms with Gasteiger partial charge in [-0.2, -0.15) is 5.10 Å². The van der Waals surface area contributed by atoms with Gasteiger partial charge in [0.15, 0.2) is 6.10 Å². The number of hydrogen-bond acceptors (Lipinski definition) is 7. The van der Waals surface area contributed by atoms with Crippen LogP contribution in [0.25, 0.3) is 5.52 Å². The molecule has 0 aliphatic heterocycles. The molecule has 2 amide bonds. The number of primary amides is 1. The first-order valence-electron chi connectivity index (χ1n) is 12.4. The molecule has 6 rings (SSSR count). The quantitative estimate of drug-likeness (QED) is 0.411. The minimum atomic E-state index is -1.18. The Bertz CT molecular complexity index is 1320. The van der Waals surface area contributed by atoms with E-state index in [4.69, 9.17) is 15.3 Å². The lowest BCUT2D eigenvalue weighted by atomic mass is 9.46. The van der Waals surface area contributed by atoms with Crippen molar-refractivity contribution in [2.24, 2.45) is 11.1 Å². The number of nitrogens with one attached hydrogen (secondary N) is 1. The lowest BCUT2D eigenvalue weighted by Gasteiger charge is -2.64. The van der Waals surface area contributed by atoms with Crippen molar-refractivity contribution in [1.82, 2.24) is 20.1 Å². The highest BCUT2D eigenvalue weighted by Gasteiger charge is 2.68. The van der Waals surface area contributed by atoms with Gasteiger partial charge in [-0.3, -0.25) is 14.4 Å². The van der Waals surface area contributed by atoms with Gasteiger partial charge >= 0.3 is 0 Å². The molecule has 0 saturated heterocycles. The number of nitrogens with two attached hydrogens (primary N) is 1. The predicted octanol–water partition coefficient (Wildman–Crippen LogP) is 2.56. The standard InChI is InChI=1S/C26H29N5O5/c27-20(32)17-6-3-12-28-22(17)35-26(15-24(16-26)8-4-9-24)23(25(34)10-5-11-25)36-30-21(33)18-14-29-31-13-2-1-7-19(18)31/h1-3,6-7,12-14,23,34H,4-5,8-11,15-16H2,(H2,27,32)(H,30,33)/t23-/m1/s1. The van der Waals surface area contributed by atoms with E-state index < -0.39 is 29.1 Å². The molecule has 0 aromatic carbocycles. The summed E-state index contributed by atoms with van der Waals surface area (Å²) in [6.45, 7) is 0. The van der Waals surface area contributed by atoms with Gasteiger partial charge in [0.2, 0.25) is 5.88 Å². The normalized spacial score (nSPS) is 21.6. The van der Waals surface area contributed by atoms with Crippen LogP contribution in [0.3, 0.4) is 0 Å². The number of carbonyl (C=O) groups excluding carboxylic acids is 2. The second-order valence-electron chi connectivity index (χ2n) is 10.6. The molecule has 10 heteroatoms. The maximum absolute atomic E-state index is 13.1. The van der Waals surface area contributed by atoms with Crippen molar-refractivity contribution in [3.05, 3.63) is 60.0 Å². The molecule has 3 aromatic heterocycles. The Labute approximate surface area is 207 Å². The maximum atomic E-state index is 13.1. The van der Waals surface area contributed by atoms with Crippen LogP contribution in [0.4, 0.5) is 0 Å². The fourth-order valence-electron chi connectivity index (χ4n) is 6.20. The summed E-state index contributed by atoms with van der Waals surface area (Å²) in [5, 5.41) is 15.7. The lowest BCUT2D eigenvalue weighted by Crippen LogP contribution is -2.72. The van der Waals surface area contributed by atoms with Crippen LogP contribution in [0, 0.1) is 5.41 Å². The number of aliphatic hydroxyl groups is 1. The summed E-state index contributed by atoms with van der Waals surface area (Å²) >= 11 is 0. The molecule has 4 N–H and O–H groups in total. The molecule has 1 spiro atoms. The van der Waals surface area contributed by atoms with Crippen molar-refractivity contribution in [1.29, 1.82) is 0 Å². The molecule has 36 heavy (non-hydrogen) atoms. The Morgan fingerprint density at radius 1 is 1.08 bits per heavy atom. The zero-order valence-corrected chi connectivity index (χ0v) is 19.9. The number of ether oxygens (including phenoxy) is 1. The molecule has 3 saturated carbocycles. The Balaban J connectivity index is 1.31. The van der Waals surface area contributed by atoms with Gasteiger partial charge in [-0.1, -0.05) is 12.5 Å². The number of fused-ring (bicyclic) bond motifs is 1. The molecular weight excluding hydrogens is 462 g/mol. The summed E-state index contributed by atoms with van der Waals surface area (Å²) in [5.41, 5.74) is 7.28. The van der Waals surface area contributed by atoms with Crippen molar-refractivity contribution in [3.8, 4) is 5.88 Å². The highest BCUT2D eigenvalue weighted by atomic mass is 16.7. The Kier molecular flexibility index (Phi) is 5.27. The average Bonchev–Trinajstić information content (AvgIpc) is 3.24. The molecule has 3 aliphatic carbocycles. The number of hydrogen-bond donors (Lipinski definition) is 3. The van der Waals surface area contributed by atoms with Crippen LogP contribution in [0.15, 0.2) is 48.9 Å². The van der Waals surface area contributed by atoms with Gasteiger partial charge in [-0.05, 0) is 74.6 Å². The van der Waals surface area contributed by atoms with Gasteiger partial charge in [0.1, 0.15) is 11.2 Å². The molecule has 1 atom stereocenters. The Morgan fingerprint density at radius 3 is 2.53 bits per heavy atom. The second kappa shape index (κ2) is 8.28. The Morgan fingerprint density at radius 2 is 1.86 bits per heavy atom. The van der Waals surface area contributed by atoms with Gasteiger partial charge in [0.05, 0.1) is 22.9 Å². The van der Waals surface area contributed by atoms with Crippen LogP contribution in [0.1, 0.15) is 72.1 Å². The molecule has 188 valence electrons. The average molecular weight is 492 g/mol. The van der Waals surface area contributed by atoms with Crippen molar-refractivity contribution in [2.45, 2.75) is 68.7 Å². The number of carbonyl (C=O) groups is 2. The van der Waals surface area contributed by atoms with E-state index in [0.29, 0.717) is 36.8 Å². The number of hydroxylamine groups is 1. The molecule has 0 radical (unpaired) electrons. The molecular formula is C26H29N5O5. The molecule has 3 fully saturated rings. The zero-order valence-electron chi connectivity index (χ0n) is 19.9. The summed E-state index contributed by atoms with van der Waals surface area (Å²) in [6, 6.07) is 8.64. The molecule has 3 aliphatic rings. The van der Waals surface area contributed by atoms with Crippen molar-refractivity contribution in [3.63, 3.8) is 0 Å². The van der Waals surface area contributed by atoms with Gasteiger partial charge in [0.25, 0.3) is 11.8 Å². The minimum Gasteiger partial charge on any atom is -0.467 e. The smallest absolute Gasteiger partial charge is 0.278 e. The molecule has 3 heterocycles. The predicted molar refractivity (Wildman–Crippen MR) is 128 cm³/mol. The number of amides is 2. The third-order valence-electron chi connectivity index (χ3n) is 8.23. The van der Waals surface area contributed by atoms with E-state index >= 15 is 0 Å². The van der Waals surface area contributed by atoms with Gasteiger partial charge in [-0.25, -0.2) is 15.0 Å². The first-order chi connectivity index (χ1) is 17.3. The van der Waals surface area contributed by atoms with E-state index in [-0.39, 0.29) is 16.9 Å². The number of nitrogens with zero attached hydrogens (tertiary/aromatic N) is 3. The lowest BCUT2D eigenvalue weighted by molar-refractivity contribution is -0.281. The van der Waals surface area contributed by atoms with Gasteiger partial charge in [-0.15, -0.1) is 0 Å². The highest BCUT2D eigenvalue weighted by Crippen LogP contribution is 2.64. The fraction of sp³-hybridized carbons (Fsp3) is 0.462. The van der Waals surface area contributed by atoms with Crippen LogP contribution >= 0.6 is 0 Å². The first-order valence-corrected chi connectivity index (χ1v) is 12.4. The first kappa shape index (κ1) is 22.9. The molecule has 0 unspecified atom stereocenters. The van der Waals surface area contributed by atoms with Crippen LogP contribution < -0.4 is 16.0 Å².